The van der Waals surface area contributed by atoms with Crippen LogP contribution in [-0.4, -0.2) is 53.2 Å². The van der Waals surface area contributed by atoms with E-state index < -0.39 is 12.2 Å². The minimum Gasteiger partial charge on any atom is -0.741 e. The molecule has 0 bridgehead atoms. The van der Waals surface area contributed by atoms with Crippen LogP contribution in [0.5, 0.6) is 0 Å². The summed E-state index contributed by atoms with van der Waals surface area (Å²) < 4.78 is 6.38. The molecule has 10 nitrogen and oxygen atoms in total. The molecule has 0 saturated carbocycles. The van der Waals surface area contributed by atoms with Crippen LogP contribution in [0.15, 0.2) is 136 Å². The van der Waals surface area contributed by atoms with Gasteiger partial charge in [-0.15, -0.1) is 5.10 Å². The first-order valence-corrected chi connectivity index (χ1v) is 17.1. The summed E-state index contributed by atoms with van der Waals surface area (Å²) in [6.07, 6.45) is 0.515. The largest absolute Gasteiger partial charge is 2.00 e. The molecule has 0 aliphatic heterocycles. The van der Waals surface area contributed by atoms with Gasteiger partial charge >= 0.3 is 17.1 Å². The van der Waals surface area contributed by atoms with E-state index >= 15 is 0 Å². The first kappa shape index (κ1) is 37.4. The number of hydrogen-bond donors (Lipinski definition) is 2. The maximum Gasteiger partial charge on any atom is 2.00 e. The second kappa shape index (κ2) is 18.9. The SMILES string of the molecule is CN/C([S-])=N/N=C(/C(C)=N/N=C(\[S-])NCCOC[P+](c1ccccc1)(c1ccccc1)c1ccccc1)c1ccc([N+](=O)[O-])cc1.[Cu+2]. The van der Waals surface area contributed by atoms with E-state index in [2.05, 4.69) is 104 Å². The van der Waals surface area contributed by atoms with Crippen molar-refractivity contribution < 1.29 is 26.7 Å². The van der Waals surface area contributed by atoms with Crippen molar-refractivity contribution in [3.05, 3.63) is 131 Å². The molecule has 0 fully saturated rings. The molecule has 245 valence electrons. The van der Waals surface area contributed by atoms with Gasteiger partial charge in [0.1, 0.15) is 28.9 Å². The number of ether oxygens (including phenoxy) is 1. The van der Waals surface area contributed by atoms with Gasteiger partial charge in [-0.05, 0) is 65.8 Å². The predicted octanol–water partition coefficient (Wildman–Crippen LogP) is 4.26. The topological polar surface area (TPSA) is 126 Å². The number of nitro benzene ring substituents is 1. The number of nitro groups is 1. The summed E-state index contributed by atoms with van der Waals surface area (Å²) in [7, 11) is -0.481. The number of rotatable bonds is 13. The third kappa shape index (κ3) is 10.2. The normalized spacial score (nSPS) is 12.6. The molecule has 4 rings (SSSR count). The van der Waals surface area contributed by atoms with E-state index in [4.69, 9.17) is 30.0 Å². The Bertz CT molecular complexity index is 1610. The first-order chi connectivity index (χ1) is 22.3. The van der Waals surface area contributed by atoms with Gasteiger partial charge in [0, 0.05) is 31.3 Å². The zero-order valence-corrected chi connectivity index (χ0v) is 29.1. The molecule has 1 radical (unpaired) electrons. The van der Waals surface area contributed by atoms with E-state index in [9.17, 15) is 10.1 Å². The predicted molar refractivity (Wildman–Crippen MR) is 195 cm³/mol. The van der Waals surface area contributed by atoms with Crippen LogP contribution in [0.4, 0.5) is 5.69 Å². The van der Waals surface area contributed by atoms with Gasteiger partial charge in [0.15, 0.2) is 6.35 Å². The Balaban J connectivity index is 0.00000600. The summed E-state index contributed by atoms with van der Waals surface area (Å²) in [6.45, 7) is 2.50. The zero-order valence-electron chi connectivity index (χ0n) is 25.6. The molecule has 14 heteroatoms. The van der Waals surface area contributed by atoms with Gasteiger partial charge in [0.05, 0.1) is 17.2 Å². The Morgan fingerprint density at radius 1 is 0.766 bits per heavy atom. The van der Waals surface area contributed by atoms with Crippen LogP contribution in [0.2, 0.25) is 0 Å². The average Bonchev–Trinajstić information content (AvgIpc) is 3.10. The van der Waals surface area contributed by atoms with E-state index in [0.717, 1.165) is 0 Å². The van der Waals surface area contributed by atoms with Crippen molar-refractivity contribution in [2.45, 2.75) is 6.92 Å². The fourth-order valence-corrected chi connectivity index (χ4v) is 8.55. The standard InChI is InChI=1S/C33H34N7O3PS2.Cu/c1-25(31(37-38-32(45)34-2)26-18-20-27(21-19-26)40(41)42)36-39-33(46)35-22-23-43-24-44(28-12-6-3-7-13-28,29-14-8-4-9-15-29)30-16-10-5-11-17-30;/h3-21H,22-24H2,1-2H3,(H3-,34,35,36,37,38,39,45,46);/q;+2/p-1. The summed E-state index contributed by atoms with van der Waals surface area (Å²) >= 11 is 10.5. The van der Waals surface area contributed by atoms with E-state index in [1.165, 1.54) is 28.0 Å². The third-order valence-corrected chi connectivity index (χ3v) is 11.5. The van der Waals surface area contributed by atoms with Gasteiger partial charge < -0.3 is 40.6 Å². The minimum atomic E-state index is -2.11. The van der Waals surface area contributed by atoms with Gasteiger partial charge in [-0.25, -0.2) is 0 Å². The van der Waals surface area contributed by atoms with Crippen molar-refractivity contribution in [2.75, 3.05) is 26.5 Å². The maximum absolute atomic E-state index is 11.1. The molecule has 0 spiro atoms. The monoisotopic (exact) mass is 733 g/mol. The fraction of sp³-hybridized carbons (Fsp3) is 0.152. The summed E-state index contributed by atoms with van der Waals surface area (Å²) in [5.74, 6) is 0. The number of hydrogen-bond acceptors (Lipinski definition) is 9. The van der Waals surface area contributed by atoms with Crippen LogP contribution in [-0.2, 0) is 47.1 Å². The summed E-state index contributed by atoms with van der Waals surface area (Å²) in [4.78, 5) is 10.6. The van der Waals surface area contributed by atoms with Crippen molar-refractivity contribution in [1.82, 2.24) is 10.6 Å². The second-order valence-corrected chi connectivity index (χ2v) is 14.0. The molecule has 0 amide bonds. The smallest absolute Gasteiger partial charge is 0.741 e. The second-order valence-electron chi connectivity index (χ2n) is 9.78. The quantitative estimate of drug-likeness (QED) is 0.0308. The van der Waals surface area contributed by atoms with Crippen molar-refractivity contribution in [3.63, 3.8) is 0 Å². The molecular weight excluding hydrogens is 701 g/mol. The van der Waals surface area contributed by atoms with Crippen LogP contribution in [0.1, 0.15) is 12.5 Å². The first-order valence-electron chi connectivity index (χ1n) is 14.3. The zero-order chi connectivity index (χ0) is 32.8. The molecule has 47 heavy (non-hydrogen) atoms. The third-order valence-electron chi connectivity index (χ3n) is 6.84. The molecule has 4 aromatic rings. The van der Waals surface area contributed by atoms with E-state index in [1.807, 2.05) is 18.2 Å². The Hall–Kier alpha value is -4.09. The summed E-state index contributed by atoms with van der Waals surface area (Å²) in [5.41, 5.74) is 1.23. The summed E-state index contributed by atoms with van der Waals surface area (Å²) in [5, 5.41) is 37.5. The van der Waals surface area contributed by atoms with Crippen LogP contribution in [0.25, 0.3) is 0 Å². The molecule has 0 aliphatic rings. The van der Waals surface area contributed by atoms with Gasteiger partial charge in [-0.1, -0.05) is 54.6 Å². The Kier molecular flexibility index (Phi) is 15.0. The number of amidine groups is 2. The molecule has 0 heterocycles. The van der Waals surface area contributed by atoms with Gasteiger partial charge in [-0.3, -0.25) is 10.1 Å². The molecule has 0 unspecified atom stereocenters. The fourth-order valence-electron chi connectivity index (χ4n) is 4.58. The van der Waals surface area contributed by atoms with Crippen molar-refractivity contribution in [3.8, 4) is 0 Å². The van der Waals surface area contributed by atoms with E-state index in [-0.39, 0.29) is 33.1 Å². The van der Waals surface area contributed by atoms with E-state index in [0.29, 0.717) is 36.5 Å². The van der Waals surface area contributed by atoms with Crippen molar-refractivity contribution in [2.24, 2.45) is 20.4 Å². The molecule has 0 saturated heterocycles. The number of nitrogens with zero attached hydrogens (tertiary/aromatic N) is 5. The molecule has 0 atom stereocenters. The summed E-state index contributed by atoms with van der Waals surface area (Å²) in [6, 6.07) is 37.4. The van der Waals surface area contributed by atoms with Gasteiger partial charge in [0.2, 0.25) is 0 Å². The molecule has 4 aromatic carbocycles. The average molecular weight is 734 g/mol. The van der Waals surface area contributed by atoms with Crippen molar-refractivity contribution in [1.29, 1.82) is 0 Å². The molecule has 2 N–H and O–H groups in total. The van der Waals surface area contributed by atoms with Crippen LogP contribution in [0, 0.1) is 10.1 Å². The van der Waals surface area contributed by atoms with Crippen molar-refractivity contribution >= 4 is 75.9 Å². The van der Waals surface area contributed by atoms with Gasteiger partial charge in [-0.2, -0.15) is 15.3 Å². The van der Waals surface area contributed by atoms with E-state index in [1.54, 1.807) is 26.1 Å². The Morgan fingerprint density at radius 2 is 1.26 bits per heavy atom. The number of benzene rings is 4. The molecule has 0 aromatic heterocycles. The maximum atomic E-state index is 11.1. The van der Waals surface area contributed by atoms with Crippen LogP contribution < -0.4 is 26.5 Å². The molecular formula is C33H33CuN7O3PS2+. The van der Waals surface area contributed by atoms with Crippen LogP contribution in [0.3, 0.4) is 0 Å². The molecule has 0 aliphatic carbocycles. The number of non-ortho nitro benzene ring substituents is 1. The van der Waals surface area contributed by atoms with Crippen LogP contribution >= 0.6 is 7.26 Å². The van der Waals surface area contributed by atoms with Gasteiger partial charge in [0.25, 0.3) is 5.69 Å². The number of nitrogens with one attached hydrogen (secondary N) is 2. The Labute approximate surface area is 296 Å². The Morgan fingerprint density at radius 3 is 1.72 bits per heavy atom. The minimum absolute atomic E-state index is 0.